The number of nitrogens with two attached hydrogens (primary N) is 1. The van der Waals surface area contributed by atoms with E-state index in [9.17, 15) is 0 Å². The lowest BCUT2D eigenvalue weighted by atomic mass is 10.2. The van der Waals surface area contributed by atoms with Gasteiger partial charge in [0.05, 0.1) is 17.6 Å². The summed E-state index contributed by atoms with van der Waals surface area (Å²) in [6.45, 7) is 1.94. The molecule has 0 unspecified atom stereocenters. The molecule has 21 heavy (non-hydrogen) atoms. The van der Waals surface area contributed by atoms with Gasteiger partial charge in [-0.3, -0.25) is 0 Å². The second-order valence-electron chi connectivity index (χ2n) is 5.53. The first-order valence-electron chi connectivity index (χ1n) is 7.16. The van der Waals surface area contributed by atoms with Crippen molar-refractivity contribution in [3.8, 4) is 11.5 Å². The van der Waals surface area contributed by atoms with Crippen LogP contribution in [0.15, 0.2) is 17.0 Å². The zero-order valence-electron chi connectivity index (χ0n) is 11.8. The van der Waals surface area contributed by atoms with Crippen molar-refractivity contribution < 1.29 is 4.52 Å². The quantitative estimate of drug-likeness (QED) is 0.776. The van der Waals surface area contributed by atoms with Crippen molar-refractivity contribution >= 4 is 16.9 Å². The Morgan fingerprint density at radius 3 is 2.81 bits per heavy atom. The summed E-state index contributed by atoms with van der Waals surface area (Å²) in [5, 5.41) is 9.33. The Labute approximate surface area is 121 Å². The van der Waals surface area contributed by atoms with Crippen LogP contribution in [0.1, 0.15) is 37.3 Å². The van der Waals surface area contributed by atoms with E-state index in [1.54, 1.807) is 6.20 Å². The standard InChI is InChI=1S/C14H16N6O/c1-8-6-18-21-12(8)11-10-13(15)16-7-17-14(10)20(19-11)9-4-2-3-5-9/h6-7,9H,2-5H2,1H3,(H2,15,16,17). The Hall–Kier alpha value is -2.44. The predicted octanol–water partition coefficient (Wildman–Crippen LogP) is 2.49. The van der Waals surface area contributed by atoms with Gasteiger partial charge in [-0.2, -0.15) is 5.10 Å². The molecule has 3 aromatic rings. The van der Waals surface area contributed by atoms with Crippen molar-refractivity contribution in [3.05, 3.63) is 18.1 Å². The Morgan fingerprint density at radius 1 is 1.29 bits per heavy atom. The third-order valence-corrected chi connectivity index (χ3v) is 4.15. The molecule has 108 valence electrons. The molecule has 1 fully saturated rings. The van der Waals surface area contributed by atoms with Crippen LogP contribution in [-0.2, 0) is 0 Å². The lowest BCUT2D eigenvalue weighted by Gasteiger charge is -2.09. The summed E-state index contributed by atoms with van der Waals surface area (Å²) >= 11 is 0. The third-order valence-electron chi connectivity index (χ3n) is 4.15. The van der Waals surface area contributed by atoms with E-state index in [1.165, 1.54) is 19.2 Å². The molecule has 0 aliphatic heterocycles. The predicted molar refractivity (Wildman–Crippen MR) is 77.5 cm³/mol. The van der Waals surface area contributed by atoms with Gasteiger partial charge in [-0.15, -0.1) is 0 Å². The minimum atomic E-state index is 0.374. The number of hydrogen-bond acceptors (Lipinski definition) is 6. The summed E-state index contributed by atoms with van der Waals surface area (Å²) in [4.78, 5) is 8.49. The zero-order chi connectivity index (χ0) is 14.4. The SMILES string of the molecule is Cc1cnoc1-c1nn(C2CCCC2)c2ncnc(N)c12. The Kier molecular flexibility index (Phi) is 2.66. The van der Waals surface area contributed by atoms with E-state index in [-0.39, 0.29) is 0 Å². The first-order valence-corrected chi connectivity index (χ1v) is 7.16. The van der Waals surface area contributed by atoms with Gasteiger partial charge in [0.2, 0.25) is 0 Å². The van der Waals surface area contributed by atoms with Crippen molar-refractivity contribution in [1.29, 1.82) is 0 Å². The molecule has 2 N–H and O–H groups in total. The summed E-state index contributed by atoms with van der Waals surface area (Å²) in [5.41, 5.74) is 8.45. The van der Waals surface area contributed by atoms with Crippen LogP contribution in [0, 0.1) is 6.92 Å². The molecule has 7 heteroatoms. The molecule has 0 radical (unpaired) electrons. The number of aromatic nitrogens is 5. The van der Waals surface area contributed by atoms with Gasteiger partial charge in [0.25, 0.3) is 0 Å². The molecule has 0 saturated heterocycles. The Bertz CT molecular complexity index is 799. The molecule has 7 nitrogen and oxygen atoms in total. The molecular weight excluding hydrogens is 268 g/mol. The topological polar surface area (TPSA) is 95.6 Å². The van der Waals surface area contributed by atoms with Crippen LogP contribution >= 0.6 is 0 Å². The molecule has 1 saturated carbocycles. The summed E-state index contributed by atoms with van der Waals surface area (Å²) in [6, 6.07) is 0.374. The van der Waals surface area contributed by atoms with E-state index < -0.39 is 0 Å². The van der Waals surface area contributed by atoms with Crippen LogP contribution in [0.3, 0.4) is 0 Å². The fraction of sp³-hybridized carbons (Fsp3) is 0.429. The lowest BCUT2D eigenvalue weighted by Crippen LogP contribution is -2.07. The van der Waals surface area contributed by atoms with Gasteiger partial charge in [-0.25, -0.2) is 14.6 Å². The fourth-order valence-electron chi connectivity index (χ4n) is 3.08. The summed E-state index contributed by atoms with van der Waals surface area (Å²) < 4.78 is 7.34. The van der Waals surface area contributed by atoms with Crippen LogP contribution in [0.4, 0.5) is 5.82 Å². The van der Waals surface area contributed by atoms with Gasteiger partial charge < -0.3 is 10.3 Å². The maximum Gasteiger partial charge on any atom is 0.190 e. The Morgan fingerprint density at radius 2 is 2.10 bits per heavy atom. The van der Waals surface area contributed by atoms with E-state index in [2.05, 4.69) is 15.1 Å². The second kappa shape index (κ2) is 4.54. The number of nitrogens with zero attached hydrogens (tertiary/aromatic N) is 5. The molecule has 1 aliphatic rings. The first-order chi connectivity index (χ1) is 10.3. The third kappa shape index (κ3) is 1.80. The largest absolute Gasteiger partial charge is 0.383 e. The van der Waals surface area contributed by atoms with Crippen LogP contribution in [0.2, 0.25) is 0 Å². The van der Waals surface area contributed by atoms with Crippen LogP contribution in [0.5, 0.6) is 0 Å². The molecule has 3 aromatic heterocycles. The maximum absolute atomic E-state index is 6.06. The van der Waals surface area contributed by atoms with Crippen molar-refractivity contribution in [2.24, 2.45) is 0 Å². The molecular formula is C14H16N6O. The van der Waals surface area contributed by atoms with E-state index in [0.29, 0.717) is 23.3 Å². The minimum Gasteiger partial charge on any atom is -0.383 e. The highest BCUT2D eigenvalue weighted by molar-refractivity contribution is 5.97. The highest BCUT2D eigenvalue weighted by atomic mass is 16.5. The van der Waals surface area contributed by atoms with Crippen LogP contribution < -0.4 is 5.73 Å². The number of aryl methyl sites for hydroxylation is 1. The average molecular weight is 284 g/mol. The van der Waals surface area contributed by atoms with Gasteiger partial charge in [0, 0.05) is 5.56 Å². The smallest absolute Gasteiger partial charge is 0.190 e. The Balaban J connectivity index is 2.00. The number of rotatable bonds is 2. The van der Waals surface area contributed by atoms with Gasteiger partial charge in [-0.05, 0) is 19.8 Å². The first kappa shape index (κ1) is 12.3. The monoisotopic (exact) mass is 284 g/mol. The molecule has 1 aliphatic carbocycles. The lowest BCUT2D eigenvalue weighted by molar-refractivity contribution is 0.427. The van der Waals surface area contributed by atoms with Gasteiger partial charge in [0.1, 0.15) is 17.8 Å². The normalized spacial score (nSPS) is 16.0. The van der Waals surface area contributed by atoms with Crippen LogP contribution in [-0.4, -0.2) is 24.9 Å². The molecule has 0 spiro atoms. The number of nitrogen functional groups attached to an aromatic ring is 1. The summed E-state index contributed by atoms with van der Waals surface area (Å²) in [5.74, 6) is 1.06. The van der Waals surface area contributed by atoms with Crippen molar-refractivity contribution in [2.75, 3.05) is 5.73 Å². The number of anilines is 1. The van der Waals surface area contributed by atoms with Gasteiger partial charge >= 0.3 is 0 Å². The van der Waals surface area contributed by atoms with Gasteiger partial charge in [-0.1, -0.05) is 18.0 Å². The van der Waals surface area contributed by atoms with Crippen molar-refractivity contribution in [3.63, 3.8) is 0 Å². The maximum atomic E-state index is 6.06. The van der Waals surface area contributed by atoms with Crippen LogP contribution in [0.25, 0.3) is 22.5 Å². The highest BCUT2D eigenvalue weighted by Gasteiger charge is 2.26. The highest BCUT2D eigenvalue weighted by Crippen LogP contribution is 2.37. The van der Waals surface area contributed by atoms with Gasteiger partial charge in [0.15, 0.2) is 11.4 Å². The second-order valence-corrected chi connectivity index (χ2v) is 5.53. The number of hydrogen-bond donors (Lipinski definition) is 1. The van der Waals surface area contributed by atoms with Crippen molar-refractivity contribution in [2.45, 2.75) is 38.6 Å². The molecule has 0 aromatic carbocycles. The average Bonchev–Trinajstić information content (AvgIpc) is 3.17. The summed E-state index contributed by atoms with van der Waals surface area (Å²) in [7, 11) is 0. The number of fused-ring (bicyclic) bond motifs is 1. The van der Waals surface area contributed by atoms with E-state index in [0.717, 1.165) is 29.4 Å². The van der Waals surface area contributed by atoms with E-state index in [4.69, 9.17) is 15.4 Å². The molecule has 0 bridgehead atoms. The summed E-state index contributed by atoms with van der Waals surface area (Å²) in [6.07, 6.45) is 7.86. The van der Waals surface area contributed by atoms with Crippen molar-refractivity contribution in [1.82, 2.24) is 24.9 Å². The zero-order valence-corrected chi connectivity index (χ0v) is 11.8. The minimum absolute atomic E-state index is 0.374. The van der Waals surface area contributed by atoms with E-state index >= 15 is 0 Å². The van der Waals surface area contributed by atoms with E-state index in [1.807, 2.05) is 11.6 Å². The molecule has 0 amide bonds. The molecule has 3 heterocycles. The molecule has 4 rings (SSSR count). The molecule has 0 atom stereocenters. The fourth-order valence-corrected chi connectivity index (χ4v) is 3.08.